The average molecular weight is 316 g/mol. The zero-order valence-electron chi connectivity index (χ0n) is 11.2. The summed E-state index contributed by atoms with van der Waals surface area (Å²) in [4.78, 5) is 12.9. The van der Waals surface area contributed by atoms with E-state index in [9.17, 15) is 13.2 Å². The lowest BCUT2D eigenvalue weighted by Gasteiger charge is -2.26. The molecule has 0 bridgehead atoms. The van der Waals surface area contributed by atoms with Crippen molar-refractivity contribution in [2.24, 2.45) is 0 Å². The first-order valence-electron chi connectivity index (χ1n) is 6.27. The molecule has 2 rings (SSSR count). The zero-order valence-corrected chi connectivity index (χ0v) is 12.0. The average Bonchev–Trinajstić information content (AvgIpc) is 2.46. The number of carboxylic acid groups (broad SMARTS) is 1. The number of nitrogens with zero attached hydrogens (tertiary/aromatic N) is 1. The summed E-state index contributed by atoms with van der Waals surface area (Å²) in [6.45, 7) is 1.45. The third-order valence-corrected chi connectivity index (χ3v) is 4.15. The van der Waals surface area contributed by atoms with E-state index >= 15 is 0 Å². The number of hydrogen-bond donors (Lipinski definition) is 2. The van der Waals surface area contributed by atoms with Gasteiger partial charge in [0.15, 0.2) is 6.61 Å². The van der Waals surface area contributed by atoms with Crippen molar-refractivity contribution in [3.8, 4) is 5.75 Å². The van der Waals surface area contributed by atoms with Gasteiger partial charge in [-0.3, -0.25) is 0 Å². The Hall–Kier alpha value is -1.68. The van der Waals surface area contributed by atoms with Gasteiger partial charge < -0.3 is 14.6 Å². The molecule has 0 saturated carbocycles. The van der Waals surface area contributed by atoms with Crippen molar-refractivity contribution in [1.82, 2.24) is 9.84 Å². The van der Waals surface area contributed by atoms with Gasteiger partial charge in [0.2, 0.25) is 0 Å². The van der Waals surface area contributed by atoms with Gasteiger partial charge in [0.25, 0.3) is 10.0 Å². The molecule has 1 heterocycles. The van der Waals surface area contributed by atoms with E-state index in [1.165, 1.54) is 24.3 Å². The van der Waals surface area contributed by atoms with Crippen molar-refractivity contribution in [2.75, 3.05) is 32.9 Å². The van der Waals surface area contributed by atoms with Crippen molar-refractivity contribution < 1.29 is 27.8 Å². The van der Waals surface area contributed by atoms with Gasteiger partial charge in [0, 0.05) is 13.1 Å². The summed E-state index contributed by atoms with van der Waals surface area (Å²) in [5.41, 5.74) is 0. The number of hydrazine groups is 1. The second kappa shape index (κ2) is 6.85. The number of rotatable bonds is 6. The van der Waals surface area contributed by atoms with Crippen LogP contribution in [-0.4, -0.2) is 57.4 Å². The summed E-state index contributed by atoms with van der Waals surface area (Å²) in [6, 6.07) is 5.55. The molecule has 9 heteroatoms. The Labute approximate surface area is 122 Å². The van der Waals surface area contributed by atoms with E-state index in [0.29, 0.717) is 32.1 Å². The van der Waals surface area contributed by atoms with Gasteiger partial charge in [-0.15, -0.1) is 4.83 Å². The van der Waals surface area contributed by atoms with E-state index in [-0.39, 0.29) is 4.90 Å². The zero-order chi connectivity index (χ0) is 15.3. The maximum Gasteiger partial charge on any atom is 0.341 e. The highest BCUT2D eigenvalue weighted by Crippen LogP contribution is 2.16. The Bertz CT molecular complexity index is 580. The van der Waals surface area contributed by atoms with E-state index in [1.54, 1.807) is 5.01 Å². The molecule has 0 spiro atoms. The first-order valence-corrected chi connectivity index (χ1v) is 7.75. The van der Waals surface area contributed by atoms with Crippen molar-refractivity contribution >= 4 is 16.0 Å². The number of nitrogens with one attached hydrogen (secondary N) is 1. The van der Waals surface area contributed by atoms with Gasteiger partial charge >= 0.3 is 5.97 Å². The molecule has 21 heavy (non-hydrogen) atoms. The maximum absolute atomic E-state index is 12.1. The summed E-state index contributed by atoms with van der Waals surface area (Å²) in [6.07, 6.45) is 0. The van der Waals surface area contributed by atoms with Crippen LogP contribution in [0.25, 0.3) is 0 Å². The standard InChI is InChI=1S/C12H16N2O6S/c15-12(16)9-20-10-1-3-11(4-2-10)21(17,18)13-14-5-7-19-8-6-14/h1-4,13H,5-9H2,(H,15,16). The molecule has 1 saturated heterocycles. The van der Waals surface area contributed by atoms with E-state index in [4.69, 9.17) is 14.6 Å². The van der Waals surface area contributed by atoms with Gasteiger partial charge in [-0.25, -0.2) is 18.2 Å². The lowest BCUT2D eigenvalue weighted by atomic mass is 10.3. The van der Waals surface area contributed by atoms with Crippen LogP contribution in [0.15, 0.2) is 29.2 Å². The molecule has 0 atom stereocenters. The highest BCUT2D eigenvalue weighted by molar-refractivity contribution is 7.89. The normalized spacial score (nSPS) is 16.6. The lowest BCUT2D eigenvalue weighted by Crippen LogP contribution is -2.48. The molecule has 1 fully saturated rings. The fourth-order valence-electron chi connectivity index (χ4n) is 1.74. The molecular formula is C12H16N2O6S. The van der Waals surface area contributed by atoms with E-state index in [1.807, 2.05) is 0 Å². The summed E-state index contributed by atoms with van der Waals surface area (Å²) in [5, 5.41) is 10.1. The van der Waals surface area contributed by atoms with Gasteiger partial charge in [-0.2, -0.15) is 0 Å². The molecule has 0 aliphatic carbocycles. The second-order valence-electron chi connectivity index (χ2n) is 4.35. The second-order valence-corrected chi connectivity index (χ2v) is 6.01. The number of aliphatic carboxylic acids is 1. The number of morpholine rings is 1. The van der Waals surface area contributed by atoms with Gasteiger partial charge in [0.05, 0.1) is 18.1 Å². The van der Waals surface area contributed by atoms with Crippen LogP contribution in [0.2, 0.25) is 0 Å². The van der Waals surface area contributed by atoms with Crippen LogP contribution >= 0.6 is 0 Å². The van der Waals surface area contributed by atoms with Crippen LogP contribution in [0.3, 0.4) is 0 Å². The molecule has 1 aliphatic heterocycles. The monoisotopic (exact) mass is 316 g/mol. The summed E-state index contributed by atoms with van der Waals surface area (Å²) < 4.78 is 34.4. The fraction of sp³-hybridized carbons (Fsp3) is 0.417. The predicted octanol–water partition coefficient (Wildman–Crippen LogP) is -0.324. The van der Waals surface area contributed by atoms with Crippen LogP contribution in [0.5, 0.6) is 5.75 Å². The van der Waals surface area contributed by atoms with Crippen LogP contribution < -0.4 is 9.57 Å². The van der Waals surface area contributed by atoms with Crippen molar-refractivity contribution in [2.45, 2.75) is 4.90 Å². The third kappa shape index (κ3) is 4.67. The molecule has 0 aromatic heterocycles. The number of ether oxygens (including phenoxy) is 2. The van der Waals surface area contributed by atoms with Crippen LogP contribution in [0.1, 0.15) is 0 Å². The predicted molar refractivity (Wildman–Crippen MR) is 72.3 cm³/mol. The number of carbonyl (C=O) groups is 1. The van der Waals surface area contributed by atoms with Crippen molar-refractivity contribution in [1.29, 1.82) is 0 Å². The molecule has 1 aromatic carbocycles. The summed E-state index contributed by atoms with van der Waals surface area (Å²) >= 11 is 0. The first-order chi connectivity index (χ1) is 9.97. The molecule has 0 amide bonds. The van der Waals surface area contributed by atoms with Crippen LogP contribution in [0.4, 0.5) is 0 Å². The molecule has 1 aliphatic rings. The minimum Gasteiger partial charge on any atom is -0.482 e. The van der Waals surface area contributed by atoms with Gasteiger partial charge in [0.1, 0.15) is 5.75 Å². The van der Waals surface area contributed by atoms with Crippen molar-refractivity contribution in [3.63, 3.8) is 0 Å². The maximum atomic E-state index is 12.1. The highest BCUT2D eigenvalue weighted by atomic mass is 32.2. The summed E-state index contributed by atoms with van der Waals surface area (Å²) in [7, 11) is -3.66. The molecule has 1 aromatic rings. The van der Waals surface area contributed by atoms with Gasteiger partial charge in [-0.1, -0.05) is 0 Å². The molecule has 116 valence electrons. The quantitative estimate of drug-likeness (QED) is 0.740. The Balaban J connectivity index is 2.00. The SMILES string of the molecule is O=C(O)COc1ccc(S(=O)(=O)NN2CCOCC2)cc1. The van der Waals surface area contributed by atoms with E-state index in [2.05, 4.69) is 4.83 Å². The first kappa shape index (κ1) is 15.7. The number of carboxylic acids is 1. The van der Waals surface area contributed by atoms with E-state index in [0.717, 1.165) is 0 Å². The Morgan fingerprint density at radius 1 is 1.29 bits per heavy atom. The number of hydrogen-bond acceptors (Lipinski definition) is 6. The topological polar surface area (TPSA) is 105 Å². The molecular weight excluding hydrogens is 300 g/mol. The lowest BCUT2D eigenvalue weighted by molar-refractivity contribution is -0.139. The Morgan fingerprint density at radius 3 is 2.48 bits per heavy atom. The molecule has 0 unspecified atom stereocenters. The molecule has 2 N–H and O–H groups in total. The largest absolute Gasteiger partial charge is 0.482 e. The van der Waals surface area contributed by atoms with Crippen LogP contribution in [-0.2, 0) is 19.6 Å². The highest BCUT2D eigenvalue weighted by Gasteiger charge is 2.20. The van der Waals surface area contributed by atoms with Crippen molar-refractivity contribution in [3.05, 3.63) is 24.3 Å². The molecule has 8 nitrogen and oxygen atoms in total. The minimum absolute atomic E-state index is 0.0802. The summed E-state index contributed by atoms with van der Waals surface area (Å²) in [5.74, 6) is -0.802. The Morgan fingerprint density at radius 2 is 1.90 bits per heavy atom. The fourth-order valence-corrected chi connectivity index (χ4v) is 2.86. The number of benzene rings is 1. The minimum atomic E-state index is -3.66. The number of sulfonamides is 1. The Kier molecular flexibility index (Phi) is 5.12. The third-order valence-electron chi connectivity index (χ3n) is 2.76. The van der Waals surface area contributed by atoms with Gasteiger partial charge in [-0.05, 0) is 24.3 Å². The van der Waals surface area contributed by atoms with Crippen LogP contribution in [0, 0.1) is 0 Å². The molecule has 0 radical (unpaired) electrons. The smallest absolute Gasteiger partial charge is 0.341 e. The van der Waals surface area contributed by atoms with E-state index < -0.39 is 22.6 Å².